The molecule has 20 heavy (non-hydrogen) atoms. The zero-order valence-electron chi connectivity index (χ0n) is 11.6. The number of anilines is 1. The van der Waals surface area contributed by atoms with E-state index in [-0.39, 0.29) is 29.0 Å². The second-order valence-corrected chi connectivity index (χ2v) is 6.42. The lowest BCUT2D eigenvalue weighted by atomic mass is 10.1. The summed E-state index contributed by atoms with van der Waals surface area (Å²) in [7, 11) is -3.72. The van der Waals surface area contributed by atoms with E-state index in [2.05, 4.69) is 10.0 Å². The first kappa shape index (κ1) is 16.3. The number of amides is 1. The molecule has 0 unspecified atom stereocenters. The van der Waals surface area contributed by atoms with Crippen LogP contribution in [0.3, 0.4) is 0 Å². The largest absolute Gasteiger partial charge is 0.326 e. The number of ketones is 1. The van der Waals surface area contributed by atoms with Gasteiger partial charge in [-0.25, -0.2) is 13.1 Å². The fraction of sp³-hybridized carbons (Fsp3) is 0.385. The van der Waals surface area contributed by atoms with Crippen molar-refractivity contribution in [2.24, 2.45) is 5.92 Å². The summed E-state index contributed by atoms with van der Waals surface area (Å²) < 4.78 is 26.1. The van der Waals surface area contributed by atoms with Gasteiger partial charge in [-0.1, -0.05) is 13.8 Å². The van der Waals surface area contributed by atoms with Crippen LogP contribution in [0.15, 0.2) is 29.2 Å². The van der Waals surface area contributed by atoms with Crippen LogP contribution in [0, 0.1) is 5.92 Å². The molecule has 0 radical (unpaired) electrons. The van der Waals surface area contributed by atoms with Gasteiger partial charge in [0.2, 0.25) is 15.9 Å². The third-order valence-electron chi connectivity index (χ3n) is 2.57. The van der Waals surface area contributed by atoms with E-state index in [0.29, 0.717) is 5.69 Å². The lowest BCUT2D eigenvalue weighted by Crippen LogP contribution is -2.31. The maximum Gasteiger partial charge on any atom is 0.240 e. The van der Waals surface area contributed by atoms with Crippen LogP contribution in [-0.4, -0.2) is 26.7 Å². The van der Waals surface area contributed by atoms with Gasteiger partial charge in [-0.05, 0) is 24.3 Å². The molecular weight excluding hydrogens is 280 g/mol. The van der Waals surface area contributed by atoms with Crippen LogP contribution < -0.4 is 10.0 Å². The molecule has 1 amide bonds. The number of nitrogens with one attached hydrogen (secondary N) is 2. The molecule has 0 bridgehead atoms. The van der Waals surface area contributed by atoms with E-state index in [9.17, 15) is 18.0 Å². The van der Waals surface area contributed by atoms with Crippen molar-refractivity contribution in [2.45, 2.75) is 25.7 Å². The predicted molar refractivity (Wildman–Crippen MR) is 75.8 cm³/mol. The van der Waals surface area contributed by atoms with Crippen molar-refractivity contribution < 1.29 is 18.0 Å². The molecule has 0 saturated carbocycles. The maximum atomic E-state index is 11.9. The average Bonchev–Trinajstić information content (AvgIpc) is 2.35. The molecule has 1 aromatic carbocycles. The van der Waals surface area contributed by atoms with Crippen molar-refractivity contribution in [3.63, 3.8) is 0 Å². The molecule has 0 saturated heterocycles. The van der Waals surface area contributed by atoms with Gasteiger partial charge in [-0.15, -0.1) is 0 Å². The molecule has 110 valence electrons. The summed E-state index contributed by atoms with van der Waals surface area (Å²) >= 11 is 0. The minimum absolute atomic E-state index is 0.0446. The number of Topliss-reactive ketones (excluding diaryl/α,β-unsaturated/α-hetero) is 1. The van der Waals surface area contributed by atoms with Crippen LogP contribution in [-0.2, 0) is 19.6 Å². The quantitative estimate of drug-likeness (QED) is 0.824. The monoisotopic (exact) mass is 298 g/mol. The maximum absolute atomic E-state index is 11.9. The number of carbonyl (C=O) groups is 2. The van der Waals surface area contributed by atoms with Crippen LogP contribution in [0.4, 0.5) is 5.69 Å². The standard InChI is InChI=1S/C13H18N2O4S/c1-9(2)13(17)8-14-20(18,19)12-6-4-11(5-7-12)15-10(3)16/h4-7,9,14H,8H2,1-3H3,(H,15,16). The zero-order valence-corrected chi connectivity index (χ0v) is 12.5. The highest BCUT2D eigenvalue weighted by atomic mass is 32.2. The summed E-state index contributed by atoms with van der Waals surface area (Å²) in [5, 5.41) is 2.54. The van der Waals surface area contributed by atoms with Gasteiger partial charge in [0.1, 0.15) is 5.78 Å². The first-order chi connectivity index (χ1) is 9.22. The molecule has 0 aromatic heterocycles. The Balaban J connectivity index is 2.77. The number of hydrogen-bond donors (Lipinski definition) is 2. The fourth-order valence-corrected chi connectivity index (χ4v) is 2.37. The second-order valence-electron chi connectivity index (χ2n) is 4.65. The van der Waals surface area contributed by atoms with Crippen LogP contribution in [0.1, 0.15) is 20.8 Å². The Morgan fingerprint density at radius 2 is 1.70 bits per heavy atom. The highest BCUT2D eigenvalue weighted by Crippen LogP contribution is 2.13. The zero-order chi connectivity index (χ0) is 15.3. The van der Waals surface area contributed by atoms with E-state index in [1.807, 2.05) is 0 Å². The summed E-state index contributed by atoms with van der Waals surface area (Å²) in [6.45, 7) is 4.55. The van der Waals surface area contributed by atoms with Crippen molar-refractivity contribution in [3.8, 4) is 0 Å². The smallest absolute Gasteiger partial charge is 0.240 e. The van der Waals surface area contributed by atoms with Gasteiger partial charge in [0.05, 0.1) is 11.4 Å². The van der Waals surface area contributed by atoms with E-state index in [0.717, 1.165) is 0 Å². The Hall–Kier alpha value is -1.73. The van der Waals surface area contributed by atoms with Crippen molar-refractivity contribution in [1.29, 1.82) is 0 Å². The molecule has 0 atom stereocenters. The molecule has 0 spiro atoms. The lowest BCUT2D eigenvalue weighted by molar-refractivity contribution is -0.120. The Kier molecular flexibility index (Phi) is 5.41. The van der Waals surface area contributed by atoms with E-state index in [1.165, 1.54) is 31.2 Å². The van der Waals surface area contributed by atoms with E-state index >= 15 is 0 Å². The highest BCUT2D eigenvalue weighted by molar-refractivity contribution is 7.89. The van der Waals surface area contributed by atoms with Gasteiger partial charge < -0.3 is 5.32 Å². The van der Waals surface area contributed by atoms with E-state index in [1.54, 1.807) is 13.8 Å². The fourth-order valence-electron chi connectivity index (χ4n) is 1.37. The first-order valence-corrected chi connectivity index (χ1v) is 7.60. The topological polar surface area (TPSA) is 92.3 Å². The number of hydrogen-bond acceptors (Lipinski definition) is 4. The minimum Gasteiger partial charge on any atom is -0.326 e. The molecule has 1 rings (SSSR count). The summed E-state index contributed by atoms with van der Waals surface area (Å²) in [5.41, 5.74) is 0.509. The van der Waals surface area contributed by atoms with Gasteiger partial charge in [-0.2, -0.15) is 0 Å². The van der Waals surface area contributed by atoms with Crippen LogP contribution in [0.25, 0.3) is 0 Å². The third-order valence-corrected chi connectivity index (χ3v) is 3.98. The second kappa shape index (κ2) is 6.62. The van der Waals surface area contributed by atoms with Crippen LogP contribution in [0.5, 0.6) is 0 Å². The Morgan fingerprint density at radius 1 is 1.15 bits per heavy atom. The molecular formula is C13H18N2O4S. The molecule has 0 aliphatic rings. The van der Waals surface area contributed by atoms with Crippen LogP contribution >= 0.6 is 0 Å². The summed E-state index contributed by atoms with van der Waals surface area (Å²) in [6.07, 6.45) is 0. The first-order valence-electron chi connectivity index (χ1n) is 6.12. The van der Waals surface area contributed by atoms with Crippen molar-refractivity contribution in [1.82, 2.24) is 4.72 Å². The Bertz CT molecular complexity index is 591. The Labute approximate surface area is 118 Å². The molecule has 2 N–H and O–H groups in total. The summed E-state index contributed by atoms with van der Waals surface area (Å²) in [4.78, 5) is 22.3. The number of carbonyl (C=O) groups excluding carboxylic acids is 2. The van der Waals surface area contributed by atoms with Gasteiger partial charge in [0, 0.05) is 18.5 Å². The van der Waals surface area contributed by atoms with Gasteiger partial charge in [0.25, 0.3) is 0 Å². The third kappa shape index (κ3) is 4.75. The SMILES string of the molecule is CC(=O)Nc1ccc(S(=O)(=O)NCC(=O)C(C)C)cc1. The molecule has 0 aliphatic carbocycles. The molecule has 7 heteroatoms. The van der Waals surface area contributed by atoms with Crippen molar-refractivity contribution in [2.75, 3.05) is 11.9 Å². The number of sulfonamides is 1. The molecule has 0 fully saturated rings. The van der Waals surface area contributed by atoms with Gasteiger partial charge in [-0.3, -0.25) is 9.59 Å². The van der Waals surface area contributed by atoms with E-state index < -0.39 is 10.0 Å². The highest BCUT2D eigenvalue weighted by Gasteiger charge is 2.16. The van der Waals surface area contributed by atoms with E-state index in [4.69, 9.17) is 0 Å². The lowest BCUT2D eigenvalue weighted by Gasteiger charge is -2.08. The minimum atomic E-state index is -3.72. The van der Waals surface area contributed by atoms with Crippen molar-refractivity contribution in [3.05, 3.63) is 24.3 Å². The summed E-state index contributed by atoms with van der Waals surface area (Å²) in [6, 6.07) is 5.71. The van der Waals surface area contributed by atoms with Gasteiger partial charge >= 0.3 is 0 Å². The molecule has 6 nitrogen and oxygen atoms in total. The number of benzene rings is 1. The molecule has 0 aliphatic heterocycles. The van der Waals surface area contributed by atoms with Crippen LogP contribution in [0.2, 0.25) is 0 Å². The molecule has 0 heterocycles. The number of rotatable bonds is 6. The Morgan fingerprint density at radius 3 is 2.15 bits per heavy atom. The average molecular weight is 298 g/mol. The predicted octanol–water partition coefficient (Wildman–Crippen LogP) is 1.15. The van der Waals surface area contributed by atoms with Gasteiger partial charge in [0.15, 0.2) is 0 Å². The summed E-state index contributed by atoms with van der Waals surface area (Å²) in [5.74, 6) is -0.635. The van der Waals surface area contributed by atoms with Crippen molar-refractivity contribution >= 4 is 27.4 Å². The molecule has 1 aromatic rings. The normalized spacial score (nSPS) is 11.4.